The number of esters is 1. The lowest BCUT2D eigenvalue weighted by atomic mass is 10.2. The van der Waals surface area contributed by atoms with Crippen molar-refractivity contribution in [2.24, 2.45) is 0 Å². The van der Waals surface area contributed by atoms with E-state index in [9.17, 15) is 22.8 Å². The number of imide groups is 1. The molecule has 29 heavy (non-hydrogen) atoms. The number of nitrogens with zero attached hydrogens (tertiary/aromatic N) is 1. The molecule has 0 aliphatic carbocycles. The summed E-state index contributed by atoms with van der Waals surface area (Å²) in [5.74, 6) is -1.53. The van der Waals surface area contributed by atoms with Crippen LogP contribution in [0, 0.1) is 0 Å². The molecular formula is C19H27N3O6S. The lowest BCUT2D eigenvalue weighted by molar-refractivity contribution is -0.143. The van der Waals surface area contributed by atoms with Gasteiger partial charge in [-0.05, 0) is 37.6 Å². The molecule has 0 spiro atoms. The van der Waals surface area contributed by atoms with Gasteiger partial charge >= 0.3 is 12.0 Å². The molecule has 3 amide bonds. The zero-order chi connectivity index (χ0) is 22.0. The third-order valence-electron chi connectivity index (χ3n) is 3.65. The van der Waals surface area contributed by atoms with Gasteiger partial charge in [0.15, 0.2) is 6.61 Å². The van der Waals surface area contributed by atoms with Gasteiger partial charge in [0.25, 0.3) is 5.91 Å². The molecule has 0 bridgehead atoms. The van der Waals surface area contributed by atoms with Gasteiger partial charge in [-0.15, -0.1) is 0 Å². The van der Waals surface area contributed by atoms with Crippen molar-refractivity contribution in [1.29, 1.82) is 0 Å². The van der Waals surface area contributed by atoms with Crippen molar-refractivity contribution in [2.45, 2.75) is 38.6 Å². The molecule has 1 aromatic rings. The molecule has 0 aromatic heterocycles. The van der Waals surface area contributed by atoms with Crippen LogP contribution in [0.25, 0.3) is 6.08 Å². The average molecular weight is 426 g/mol. The predicted molar refractivity (Wildman–Crippen MR) is 108 cm³/mol. The van der Waals surface area contributed by atoms with E-state index < -0.39 is 34.5 Å². The molecule has 0 fully saturated rings. The quantitative estimate of drug-likeness (QED) is 0.457. The molecule has 0 radical (unpaired) electrons. The summed E-state index contributed by atoms with van der Waals surface area (Å²) in [5.41, 5.74) is 0.584. The summed E-state index contributed by atoms with van der Waals surface area (Å²) in [4.78, 5) is 34.7. The fourth-order valence-electron chi connectivity index (χ4n) is 2.27. The molecule has 0 unspecified atom stereocenters. The van der Waals surface area contributed by atoms with Crippen LogP contribution in [0.2, 0.25) is 0 Å². The molecule has 0 atom stereocenters. The topological polar surface area (TPSA) is 122 Å². The molecular weight excluding hydrogens is 398 g/mol. The van der Waals surface area contributed by atoms with Gasteiger partial charge in [-0.25, -0.2) is 18.0 Å². The Hall–Kier alpha value is -2.72. The number of sulfonamides is 1. The van der Waals surface area contributed by atoms with E-state index in [0.29, 0.717) is 18.7 Å². The van der Waals surface area contributed by atoms with Gasteiger partial charge in [0.1, 0.15) is 0 Å². The lowest BCUT2D eigenvalue weighted by Gasteiger charge is -2.18. The molecule has 2 N–H and O–H groups in total. The maximum atomic E-state index is 12.4. The van der Waals surface area contributed by atoms with E-state index in [2.05, 4.69) is 5.32 Å². The van der Waals surface area contributed by atoms with Crippen LogP contribution in [0.3, 0.4) is 0 Å². The third kappa shape index (κ3) is 8.04. The Labute approximate surface area is 171 Å². The molecule has 0 heterocycles. The molecule has 10 heteroatoms. The van der Waals surface area contributed by atoms with E-state index >= 15 is 0 Å². The second-order valence-corrected chi connectivity index (χ2v) is 8.21. The number of urea groups is 1. The first-order valence-corrected chi connectivity index (χ1v) is 10.6. The van der Waals surface area contributed by atoms with Crippen molar-refractivity contribution in [3.05, 3.63) is 35.9 Å². The van der Waals surface area contributed by atoms with Gasteiger partial charge in [-0.3, -0.25) is 10.1 Å². The monoisotopic (exact) mass is 425 g/mol. The number of amides is 3. The predicted octanol–water partition coefficient (Wildman–Crippen LogP) is 1.51. The summed E-state index contributed by atoms with van der Waals surface area (Å²) in [6.07, 6.45) is 2.54. The van der Waals surface area contributed by atoms with Crippen LogP contribution in [-0.2, 0) is 24.3 Å². The smallest absolute Gasteiger partial charge is 0.331 e. The second-order valence-electron chi connectivity index (χ2n) is 6.28. The Morgan fingerprint density at radius 3 is 2.21 bits per heavy atom. The van der Waals surface area contributed by atoms with Crippen LogP contribution in [0.5, 0.6) is 0 Å². The number of ether oxygens (including phenoxy) is 1. The highest BCUT2D eigenvalue weighted by Crippen LogP contribution is 2.16. The highest BCUT2D eigenvalue weighted by Gasteiger charge is 2.20. The van der Waals surface area contributed by atoms with E-state index in [1.807, 2.05) is 5.32 Å². The van der Waals surface area contributed by atoms with Gasteiger partial charge in [0.2, 0.25) is 10.0 Å². The number of carbonyl (C=O) groups is 3. The summed E-state index contributed by atoms with van der Waals surface area (Å²) in [6.45, 7) is 7.15. The Balaban J connectivity index is 2.60. The van der Waals surface area contributed by atoms with Gasteiger partial charge < -0.3 is 10.1 Å². The SMILES string of the molecule is CCN(CC)S(=O)(=O)c1ccc(/C=C/C(=O)OCC(=O)NC(=O)NC(C)C)cc1. The number of rotatable bonds is 9. The number of nitrogens with one attached hydrogen (secondary N) is 2. The normalized spacial score (nSPS) is 11.7. The minimum absolute atomic E-state index is 0.137. The standard InChI is InChI=1S/C19H27N3O6S/c1-5-22(6-2)29(26,27)16-10-7-15(8-11-16)9-12-18(24)28-13-17(23)21-19(25)20-14(3)4/h7-12,14H,5-6,13H2,1-4H3,(H2,20,21,23,25)/b12-9+. The number of benzene rings is 1. The maximum Gasteiger partial charge on any atom is 0.331 e. The fraction of sp³-hybridized carbons (Fsp3) is 0.421. The number of hydrogen-bond donors (Lipinski definition) is 2. The van der Waals surface area contributed by atoms with E-state index in [4.69, 9.17) is 4.74 Å². The molecule has 9 nitrogen and oxygen atoms in total. The summed E-state index contributed by atoms with van der Waals surface area (Å²) < 4.78 is 30.9. The first-order valence-electron chi connectivity index (χ1n) is 9.15. The van der Waals surface area contributed by atoms with E-state index in [0.717, 1.165) is 6.08 Å². The first kappa shape index (κ1) is 24.3. The molecule has 1 aromatic carbocycles. The van der Waals surface area contributed by atoms with Crippen LogP contribution in [0.15, 0.2) is 35.2 Å². The molecule has 0 aliphatic heterocycles. The van der Waals surface area contributed by atoms with Crippen LogP contribution in [-0.4, -0.2) is 56.4 Å². The van der Waals surface area contributed by atoms with Gasteiger partial charge in [-0.1, -0.05) is 26.0 Å². The highest BCUT2D eigenvalue weighted by atomic mass is 32.2. The van der Waals surface area contributed by atoms with Crippen LogP contribution < -0.4 is 10.6 Å². The molecule has 0 saturated heterocycles. The second kappa shape index (κ2) is 11.3. The minimum Gasteiger partial charge on any atom is -0.452 e. The van der Waals surface area contributed by atoms with Crippen molar-refractivity contribution in [2.75, 3.05) is 19.7 Å². The Morgan fingerprint density at radius 2 is 1.69 bits per heavy atom. The van der Waals surface area contributed by atoms with Crippen LogP contribution in [0.4, 0.5) is 4.79 Å². The first-order chi connectivity index (χ1) is 13.6. The van der Waals surface area contributed by atoms with Crippen LogP contribution in [0.1, 0.15) is 33.3 Å². The van der Waals surface area contributed by atoms with Crippen molar-refractivity contribution in [3.8, 4) is 0 Å². The molecule has 0 saturated carbocycles. The summed E-state index contributed by atoms with van der Waals surface area (Å²) >= 11 is 0. The van der Waals surface area contributed by atoms with Crippen LogP contribution >= 0.6 is 0 Å². The molecule has 1 rings (SSSR count). The van der Waals surface area contributed by atoms with E-state index in [1.165, 1.54) is 22.5 Å². The van der Waals surface area contributed by atoms with Crippen molar-refractivity contribution < 1.29 is 27.5 Å². The Kier molecular flexibility index (Phi) is 9.49. The van der Waals surface area contributed by atoms with Crippen molar-refractivity contribution in [1.82, 2.24) is 14.9 Å². The van der Waals surface area contributed by atoms with Gasteiger partial charge in [0.05, 0.1) is 4.90 Å². The van der Waals surface area contributed by atoms with Crippen molar-refractivity contribution >= 4 is 34.0 Å². The van der Waals surface area contributed by atoms with Crippen molar-refractivity contribution in [3.63, 3.8) is 0 Å². The Morgan fingerprint density at radius 1 is 1.10 bits per heavy atom. The Bertz CT molecular complexity index is 843. The summed E-state index contributed by atoms with van der Waals surface area (Å²) in [5, 5.41) is 4.49. The largest absolute Gasteiger partial charge is 0.452 e. The average Bonchev–Trinajstić information content (AvgIpc) is 2.65. The summed E-state index contributed by atoms with van der Waals surface area (Å²) in [7, 11) is -3.54. The number of hydrogen-bond acceptors (Lipinski definition) is 6. The van der Waals surface area contributed by atoms with Gasteiger partial charge in [-0.2, -0.15) is 4.31 Å². The lowest BCUT2D eigenvalue weighted by Crippen LogP contribution is -2.43. The zero-order valence-corrected chi connectivity index (χ0v) is 17.8. The summed E-state index contributed by atoms with van der Waals surface area (Å²) in [6, 6.07) is 5.23. The number of carbonyl (C=O) groups excluding carboxylic acids is 3. The van der Waals surface area contributed by atoms with E-state index in [1.54, 1.807) is 39.8 Å². The zero-order valence-electron chi connectivity index (χ0n) is 17.0. The van der Waals surface area contributed by atoms with Gasteiger partial charge in [0, 0.05) is 25.2 Å². The molecule has 0 aliphatic rings. The molecule has 160 valence electrons. The fourth-order valence-corrected chi connectivity index (χ4v) is 3.73. The minimum atomic E-state index is -3.54. The van der Waals surface area contributed by atoms with E-state index in [-0.39, 0.29) is 10.9 Å². The third-order valence-corrected chi connectivity index (χ3v) is 5.72. The maximum absolute atomic E-state index is 12.4. The highest BCUT2D eigenvalue weighted by molar-refractivity contribution is 7.89.